The number of fused-ring (bicyclic) bond motifs is 3. The molecule has 4 rings (SSSR count). The minimum absolute atomic E-state index is 0.0633. The lowest BCUT2D eigenvalue weighted by Crippen LogP contribution is -2.56. The lowest BCUT2D eigenvalue weighted by molar-refractivity contribution is -0.145. The number of aliphatic hydroxyl groups excluding tert-OH is 1. The molecule has 1 aliphatic carbocycles. The maximum atomic E-state index is 13.2. The number of amides is 2. The van der Waals surface area contributed by atoms with E-state index in [1.807, 2.05) is 48.5 Å². The third kappa shape index (κ3) is 4.92. The van der Waals surface area contributed by atoms with Gasteiger partial charge in [0.25, 0.3) is 0 Å². The number of carboxylic acid groups (broad SMARTS) is 1. The van der Waals surface area contributed by atoms with Crippen LogP contribution in [-0.2, 0) is 14.3 Å². The van der Waals surface area contributed by atoms with Crippen molar-refractivity contribution in [2.45, 2.75) is 56.7 Å². The van der Waals surface area contributed by atoms with Crippen molar-refractivity contribution in [1.82, 2.24) is 10.2 Å². The van der Waals surface area contributed by atoms with E-state index in [2.05, 4.69) is 5.32 Å². The van der Waals surface area contributed by atoms with E-state index in [-0.39, 0.29) is 12.5 Å². The fourth-order valence-electron chi connectivity index (χ4n) is 5.09. The number of carboxylic acids is 1. The van der Waals surface area contributed by atoms with Gasteiger partial charge in [0, 0.05) is 12.5 Å². The van der Waals surface area contributed by atoms with Crippen LogP contribution in [0.4, 0.5) is 4.79 Å². The van der Waals surface area contributed by atoms with Crippen LogP contribution in [0.25, 0.3) is 11.1 Å². The van der Waals surface area contributed by atoms with Gasteiger partial charge >= 0.3 is 12.1 Å². The fourth-order valence-corrected chi connectivity index (χ4v) is 5.09. The molecule has 2 aliphatic rings. The van der Waals surface area contributed by atoms with Crippen LogP contribution in [0.2, 0.25) is 0 Å². The summed E-state index contributed by atoms with van der Waals surface area (Å²) in [5, 5.41) is 21.9. The van der Waals surface area contributed by atoms with Crippen molar-refractivity contribution < 1.29 is 29.3 Å². The Morgan fingerprint density at radius 3 is 2.26 bits per heavy atom. The van der Waals surface area contributed by atoms with E-state index in [1.54, 1.807) is 6.92 Å². The summed E-state index contributed by atoms with van der Waals surface area (Å²) in [7, 11) is 0. The Morgan fingerprint density at radius 2 is 1.68 bits per heavy atom. The van der Waals surface area contributed by atoms with E-state index in [9.17, 15) is 24.6 Å². The fraction of sp³-hybridized carbons (Fsp3) is 0.423. The van der Waals surface area contributed by atoms with Gasteiger partial charge in [-0.25, -0.2) is 4.79 Å². The Kier molecular flexibility index (Phi) is 7.17. The lowest BCUT2D eigenvalue weighted by Gasteiger charge is -2.39. The molecule has 0 spiro atoms. The largest absolute Gasteiger partial charge is 0.481 e. The number of carbonyl (C=O) groups is 3. The average Bonchev–Trinajstić information content (AvgIpc) is 3.15. The molecule has 1 aliphatic heterocycles. The third-order valence-corrected chi connectivity index (χ3v) is 6.70. The first-order valence-corrected chi connectivity index (χ1v) is 11.7. The Bertz CT molecular complexity index is 1020. The van der Waals surface area contributed by atoms with Crippen LogP contribution in [0.5, 0.6) is 0 Å². The van der Waals surface area contributed by atoms with E-state index in [1.165, 1.54) is 4.90 Å². The Hall–Kier alpha value is -3.39. The molecule has 1 saturated heterocycles. The van der Waals surface area contributed by atoms with E-state index in [0.29, 0.717) is 13.0 Å². The number of nitrogens with one attached hydrogen (secondary N) is 1. The molecule has 1 heterocycles. The first-order valence-electron chi connectivity index (χ1n) is 11.7. The summed E-state index contributed by atoms with van der Waals surface area (Å²) >= 11 is 0. The lowest BCUT2D eigenvalue weighted by atomic mass is 9.96. The number of ether oxygens (including phenoxy) is 1. The SMILES string of the molecule is CC(O)C1CCCCN1C(=O)C(CC(=O)O)NC(=O)OCC1c2ccccc2-c2ccccc21. The third-order valence-electron chi connectivity index (χ3n) is 6.70. The van der Waals surface area contributed by atoms with Gasteiger partial charge < -0.3 is 25.2 Å². The number of rotatable bonds is 7. The molecule has 180 valence electrons. The summed E-state index contributed by atoms with van der Waals surface area (Å²) in [4.78, 5) is 38.7. The van der Waals surface area contributed by atoms with Gasteiger partial charge in [-0.15, -0.1) is 0 Å². The maximum Gasteiger partial charge on any atom is 0.407 e. The standard InChI is InChI=1S/C26H30N2O6/c1-16(29)23-12-6-7-13-28(23)25(32)22(14-24(30)31)27-26(33)34-15-21-19-10-4-2-8-17(19)18-9-3-5-11-20(18)21/h2-5,8-11,16,21-23,29H,6-7,12-15H2,1H3,(H,27,33)(H,30,31). The highest BCUT2D eigenvalue weighted by atomic mass is 16.5. The topological polar surface area (TPSA) is 116 Å². The molecule has 2 amide bonds. The number of likely N-dealkylation sites (tertiary alicyclic amines) is 1. The Morgan fingerprint density at radius 1 is 1.06 bits per heavy atom. The number of aliphatic carboxylic acids is 1. The molecule has 0 bridgehead atoms. The van der Waals surface area contributed by atoms with Crippen LogP contribution in [0.3, 0.4) is 0 Å². The maximum absolute atomic E-state index is 13.2. The van der Waals surface area contributed by atoms with Gasteiger partial charge in [0.05, 0.1) is 18.6 Å². The van der Waals surface area contributed by atoms with Gasteiger partial charge in [-0.05, 0) is 48.4 Å². The van der Waals surface area contributed by atoms with Crippen molar-refractivity contribution >= 4 is 18.0 Å². The molecular weight excluding hydrogens is 436 g/mol. The highest BCUT2D eigenvalue weighted by Crippen LogP contribution is 2.44. The molecule has 0 aromatic heterocycles. The number of alkyl carbamates (subject to hydrolysis) is 1. The van der Waals surface area contributed by atoms with Crippen molar-refractivity contribution in [3.8, 4) is 11.1 Å². The monoisotopic (exact) mass is 466 g/mol. The number of hydrogen-bond donors (Lipinski definition) is 3. The highest BCUT2D eigenvalue weighted by molar-refractivity contribution is 5.89. The predicted octanol–water partition coefficient (Wildman–Crippen LogP) is 3.13. The molecule has 3 atom stereocenters. The predicted molar refractivity (Wildman–Crippen MR) is 125 cm³/mol. The van der Waals surface area contributed by atoms with Crippen LogP contribution < -0.4 is 5.32 Å². The average molecular weight is 467 g/mol. The molecule has 1 fully saturated rings. The first-order chi connectivity index (χ1) is 16.4. The van der Waals surface area contributed by atoms with E-state index >= 15 is 0 Å². The molecule has 2 aromatic rings. The number of benzene rings is 2. The second kappa shape index (κ2) is 10.3. The minimum atomic E-state index is -1.27. The summed E-state index contributed by atoms with van der Waals surface area (Å²) in [6.07, 6.45) is 0.124. The number of carbonyl (C=O) groups excluding carboxylic acids is 2. The van der Waals surface area contributed by atoms with Crippen molar-refractivity contribution in [3.63, 3.8) is 0 Å². The highest BCUT2D eigenvalue weighted by Gasteiger charge is 2.36. The van der Waals surface area contributed by atoms with Gasteiger partial charge in [0.15, 0.2) is 0 Å². The van der Waals surface area contributed by atoms with Crippen molar-refractivity contribution in [2.24, 2.45) is 0 Å². The van der Waals surface area contributed by atoms with Gasteiger partial charge in [0.1, 0.15) is 12.6 Å². The number of piperidine rings is 1. The second-order valence-electron chi connectivity index (χ2n) is 8.96. The molecule has 0 radical (unpaired) electrons. The molecule has 2 aromatic carbocycles. The summed E-state index contributed by atoms with van der Waals surface area (Å²) in [6, 6.07) is 14.2. The summed E-state index contributed by atoms with van der Waals surface area (Å²) in [5.41, 5.74) is 4.31. The zero-order valence-corrected chi connectivity index (χ0v) is 19.1. The van der Waals surface area contributed by atoms with Crippen LogP contribution in [-0.4, -0.2) is 64.4 Å². The second-order valence-corrected chi connectivity index (χ2v) is 8.96. The van der Waals surface area contributed by atoms with E-state index < -0.39 is 42.6 Å². The van der Waals surface area contributed by atoms with Crippen molar-refractivity contribution in [3.05, 3.63) is 59.7 Å². The van der Waals surface area contributed by atoms with Gasteiger partial charge in [-0.1, -0.05) is 48.5 Å². The van der Waals surface area contributed by atoms with Crippen LogP contribution in [0.1, 0.15) is 49.7 Å². The minimum Gasteiger partial charge on any atom is -0.481 e. The zero-order chi connectivity index (χ0) is 24.2. The normalized spacial score (nSPS) is 19.0. The van der Waals surface area contributed by atoms with Gasteiger partial charge in [0.2, 0.25) is 5.91 Å². The first kappa shape index (κ1) is 23.8. The molecule has 0 saturated carbocycles. The quantitative estimate of drug-likeness (QED) is 0.577. The van der Waals surface area contributed by atoms with E-state index in [4.69, 9.17) is 4.74 Å². The molecular formula is C26H30N2O6. The number of hydrogen-bond acceptors (Lipinski definition) is 5. The summed E-state index contributed by atoms with van der Waals surface area (Å²) in [5.74, 6) is -1.86. The van der Waals surface area contributed by atoms with Crippen molar-refractivity contribution in [2.75, 3.05) is 13.2 Å². The van der Waals surface area contributed by atoms with Crippen molar-refractivity contribution in [1.29, 1.82) is 0 Å². The van der Waals surface area contributed by atoms with Crippen LogP contribution in [0.15, 0.2) is 48.5 Å². The number of aliphatic hydroxyl groups is 1. The molecule has 8 heteroatoms. The molecule has 3 unspecified atom stereocenters. The molecule has 8 nitrogen and oxygen atoms in total. The van der Waals surface area contributed by atoms with Crippen LogP contribution in [0, 0.1) is 0 Å². The summed E-state index contributed by atoms with van der Waals surface area (Å²) < 4.78 is 5.50. The van der Waals surface area contributed by atoms with E-state index in [0.717, 1.165) is 35.1 Å². The van der Waals surface area contributed by atoms with Gasteiger partial charge in [-0.2, -0.15) is 0 Å². The smallest absolute Gasteiger partial charge is 0.407 e. The van der Waals surface area contributed by atoms with Crippen LogP contribution >= 0.6 is 0 Å². The molecule has 34 heavy (non-hydrogen) atoms. The Labute approximate surface area is 198 Å². The zero-order valence-electron chi connectivity index (χ0n) is 19.1. The number of nitrogens with zero attached hydrogens (tertiary/aromatic N) is 1. The molecule has 3 N–H and O–H groups in total. The Balaban J connectivity index is 1.45. The summed E-state index contributed by atoms with van der Waals surface area (Å²) in [6.45, 7) is 2.09. The van der Waals surface area contributed by atoms with Gasteiger partial charge in [-0.3, -0.25) is 9.59 Å².